The van der Waals surface area contributed by atoms with Crippen LogP contribution in [0, 0.1) is 6.92 Å². The monoisotopic (exact) mass is 504 g/mol. The molecule has 0 amide bonds. The highest BCUT2D eigenvalue weighted by Gasteiger charge is 2.18. The fourth-order valence-corrected chi connectivity index (χ4v) is 5.33. The van der Waals surface area contributed by atoms with E-state index in [9.17, 15) is 4.79 Å². The molecule has 0 saturated carbocycles. The molecule has 196 valence electrons. The van der Waals surface area contributed by atoms with Crippen LogP contribution in [-0.2, 0) is 6.42 Å². The summed E-state index contributed by atoms with van der Waals surface area (Å²) in [5.41, 5.74) is 10.3. The van der Waals surface area contributed by atoms with Crippen LogP contribution in [0.3, 0.4) is 0 Å². The lowest BCUT2D eigenvalue weighted by Crippen LogP contribution is -2.22. The molecule has 0 bridgehead atoms. The Bertz CT molecular complexity index is 1320. The number of para-hydroxylation sites is 1. The fourth-order valence-electron chi connectivity index (χ4n) is 5.33. The Morgan fingerprint density at radius 2 is 1.76 bits per heavy atom. The summed E-state index contributed by atoms with van der Waals surface area (Å²) in [6, 6.07) is 23.4. The molecule has 0 aliphatic heterocycles. The van der Waals surface area contributed by atoms with Crippen molar-refractivity contribution in [2.45, 2.75) is 52.4 Å². The number of anilines is 2. The van der Waals surface area contributed by atoms with Gasteiger partial charge in [-0.15, -0.1) is 0 Å². The van der Waals surface area contributed by atoms with E-state index < -0.39 is 0 Å². The molecule has 0 N–H and O–H groups in total. The van der Waals surface area contributed by atoms with Gasteiger partial charge in [0.2, 0.25) is 0 Å². The van der Waals surface area contributed by atoms with Gasteiger partial charge >= 0.3 is 0 Å². The van der Waals surface area contributed by atoms with Crippen molar-refractivity contribution in [2.75, 3.05) is 23.4 Å². The molecule has 0 fully saturated rings. The van der Waals surface area contributed by atoms with Crippen molar-refractivity contribution in [1.29, 1.82) is 0 Å². The summed E-state index contributed by atoms with van der Waals surface area (Å²) in [4.78, 5) is 16.1. The van der Waals surface area contributed by atoms with Crippen molar-refractivity contribution >= 4 is 23.4 Å². The second-order valence-corrected chi connectivity index (χ2v) is 10.1. The van der Waals surface area contributed by atoms with Crippen molar-refractivity contribution in [3.05, 3.63) is 125 Å². The number of aldehydes is 1. The highest BCUT2D eigenvalue weighted by Crippen LogP contribution is 2.34. The minimum Gasteiger partial charge on any atom is -0.348 e. The minimum atomic E-state index is 0.758. The number of allylic oxidation sites excluding steroid dienone is 2. The molecule has 3 aromatic carbocycles. The molecule has 0 spiro atoms. The van der Waals surface area contributed by atoms with Crippen molar-refractivity contribution in [3.63, 3.8) is 0 Å². The van der Waals surface area contributed by atoms with Crippen LogP contribution < -0.4 is 9.80 Å². The Kier molecular flexibility index (Phi) is 9.37. The lowest BCUT2D eigenvalue weighted by atomic mass is 9.96. The molecule has 0 heterocycles. The summed E-state index contributed by atoms with van der Waals surface area (Å²) in [7, 11) is 2.13. The molecule has 0 unspecified atom stereocenters. The maximum atomic E-state index is 11.5. The summed E-state index contributed by atoms with van der Waals surface area (Å²) < 4.78 is 0. The molecule has 4 rings (SSSR count). The lowest BCUT2D eigenvalue weighted by molar-refractivity contribution is 0.112. The predicted molar refractivity (Wildman–Crippen MR) is 163 cm³/mol. The van der Waals surface area contributed by atoms with E-state index in [-0.39, 0.29) is 0 Å². The van der Waals surface area contributed by atoms with Crippen LogP contribution in [0.15, 0.2) is 97.2 Å². The fraction of sp³-hybridized carbons (Fsp3) is 0.286. The van der Waals surface area contributed by atoms with Gasteiger partial charge in [-0.05, 0) is 99.5 Å². The zero-order valence-electron chi connectivity index (χ0n) is 23.1. The molecule has 0 radical (unpaired) electrons. The maximum Gasteiger partial charge on any atom is 0.150 e. The number of carbonyl (C=O) groups excluding carboxylic acids is 1. The van der Waals surface area contributed by atoms with Crippen LogP contribution in [0.4, 0.5) is 11.4 Å². The van der Waals surface area contributed by atoms with Crippen molar-refractivity contribution in [3.8, 4) is 0 Å². The Morgan fingerprint density at radius 1 is 1.00 bits per heavy atom. The van der Waals surface area contributed by atoms with Crippen LogP contribution in [-0.4, -0.2) is 19.9 Å². The van der Waals surface area contributed by atoms with E-state index in [0.717, 1.165) is 59.4 Å². The number of aryl methyl sites for hydroxylation is 1. The van der Waals surface area contributed by atoms with Crippen molar-refractivity contribution in [1.82, 2.24) is 0 Å². The van der Waals surface area contributed by atoms with E-state index in [1.807, 2.05) is 31.3 Å². The van der Waals surface area contributed by atoms with E-state index >= 15 is 0 Å². The van der Waals surface area contributed by atoms with Crippen molar-refractivity contribution < 1.29 is 4.79 Å². The molecule has 0 atom stereocenters. The first-order valence-electron chi connectivity index (χ1n) is 13.7. The molecule has 38 heavy (non-hydrogen) atoms. The highest BCUT2D eigenvalue weighted by molar-refractivity contribution is 5.86. The topological polar surface area (TPSA) is 23.6 Å². The van der Waals surface area contributed by atoms with Gasteiger partial charge in [0.1, 0.15) is 6.29 Å². The Morgan fingerprint density at radius 3 is 2.45 bits per heavy atom. The average molecular weight is 505 g/mol. The molecule has 1 aliphatic rings. The van der Waals surface area contributed by atoms with Crippen LogP contribution in [0.1, 0.15) is 71.6 Å². The maximum absolute atomic E-state index is 11.5. The third-order valence-electron chi connectivity index (χ3n) is 7.58. The molecule has 3 nitrogen and oxygen atoms in total. The number of rotatable bonds is 11. The van der Waals surface area contributed by atoms with E-state index in [0.29, 0.717) is 0 Å². The molecular weight excluding hydrogens is 464 g/mol. The van der Waals surface area contributed by atoms with Gasteiger partial charge in [-0.1, -0.05) is 66.8 Å². The van der Waals surface area contributed by atoms with Crippen LogP contribution >= 0.6 is 0 Å². The smallest absolute Gasteiger partial charge is 0.150 e. The highest BCUT2D eigenvalue weighted by atomic mass is 16.1. The molecule has 3 heteroatoms. The van der Waals surface area contributed by atoms with Gasteiger partial charge in [-0.25, -0.2) is 0 Å². The third kappa shape index (κ3) is 6.52. The van der Waals surface area contributed by atoms with Gasteiger partial charge in [0, 0.05) is 36.1 Å². The second kappa shape index (κ2) is 13.1. The Labute approximate surface area is 228 Å². The number of benzene rings is 3. The van der Waals surface area contributed by atoms with Gasteiger partial charge in [0.15, 0.2) is 0 Å². The number of hydrogen-bond acceptors (Lipinski definition) is 3. The first-order valence-corrected chi connectivity index (χ1v) is 13.7. The molecule has 0 aromatic heterocycles. The van der Waals surface area contributed by atoms with Crippen LogP contribution in [0.25, 0.3) is 5.70 Å². The SMILES string of the molecule is C=CN(CCC1=CCCCC1)c1cc(Cc2ccc(C)c(C=O)c2)ccc1/C(=C/C)N(C)c1ccccc1. The minimum absolute atomic E-state index is 0.758. The Balaban J connectivity index is 1.71. The van der Waals surface area contributed by atoms with Gasteiger partial charge in [0.25, 0.3) is 0 Å². The van der Waals surface area contributed by atoms with Crippen molar-refractivity contribution in [2.24, 2.45) is 0 Å². The van der Waals surface area contributed by atoms with E-state index in [4.69, 9.17) is 0 Å². The zero-order valence-corrected chi connectivity index (χ0v) is 23.1. The molecule has 1 aliphatic carbocycles. The summed E-state index contributed by atoms with van der Waals surface area (Å²) in [5.74, 6) is 0. The third-order valence-corrected chi connectivity index (χ3v) is 7.58. The van der Waals surface area contributed by atoms with E-state index in [1.54, 1.807) is 5.57 Å². The molecule has 3 aromatic rings. The van der Waals surface area contributed by atoms with Gasteiger partial charge in [-0.2, -0.15) is 0 Å². The van der Waals surface area contributed by atoms with Crippen LogP contribution in [0.5, 0.6) is 0 Å². The lowest BCUT2D eigenvalue weighted by Gasteiger charge is -2.30. The van der Waals surface area contributed by atoms with E-state index in [2.05, 4.69) is 91.0 Å². The largest absolute Gasteiger partial charge is 0.348 e. The first-order chi connectivity index (χ1) is 18.5. The summed E-state index contributed by atoms with van der Waals surface area (Å²) in [6.07, 6.45) is 14.4. The van der Waals surface area contributed by atoms with Crippen LogP contribution in [0.2, 0.25) is 0 Å². The Hall–Kier alpha value is -3.85. The quantitative estimate of drug-likeness (QED) is 0.193. The summed E-state index contributed by atoms with van der Waals surface area (Å²) >= 11 is 0. The molecular formula is C35H40N2O. The van der Waals surface area contributed by atoms with Gasteiger partial charge < -0.3 is 9.80 Å². The predicted octanol–water partition coefficient (Wildman–Crippen LogP) is 8.74. The normalized spacial score (nSPS) is 13.6. The zero-order chi connectivity index (χ0) is 26.9. The second-order valence-electron chi connectivity index (χ2n) is 10.1. The average Bonchev–Trinajstić information content (AvgIpc) is 2.96. The summed E-state index contributed by atoms with van der Waals surface area (Å²) in [5, 5.41) is 0. The van der Waals surface area contributed by atoms with Gasteiger partial charge in [0.05, 0.1) is 5.69 Å². The van der Waals surface area contributed by atoms with E-state index in [1.165, 1.54) is 36.8 Å². The number of hydrogen-bond donors (Lipinski definition) is 0. The number of carbonyl (C=O) groups is 1. The first kappa shape index (κ1) is 27.2. The number of nitrogens with zero attached hydrogens (tertiary/aromatic N) is 2. The van der Waals surface area contributed by atoms with Gasteiger partial charge in [-0.3, -0.25) is 4.79 Å². The summed E-state index contributed by atoms with van der Waals surface area (Å²) in [6.45, 7) is 9.19. The standard InChI is InChI=1S/C35H40N2O/c1-5-34(36(4)32-15-11-8-12-16-32)33-20-19-30(23-29-18-17-27(3)31(24-29)26-38)25-35(33)37(6-2)22-21-28-13-9-7-10-14-28/h5-6,8,11-13,15-20,24-26H,2,7,9-10,14,21-23H2,1,3-4H3/b34-5-. The molecule has 0 saturated heterocycles.